The lowest BCUT2D eigenvalue weighted by molar-refractivity contribution is 0.640. The third-order valence-corrected chi connectivity index (χ3v) is 3.12. The van der Waals surface area contributed by atoms with E-state index in [1.807, 2.05) is 0 Å². The van der Waals surface area contributed by atoms with Gasteiger partial charge < -0.3 is 5.32 Å². The van der Waals surface area contributed by atoms with Crippen molar-refractivity contribution in [2.45, 2.75) is 39.2 Å². The van der Waals surface area contributed by atoms with E-state index in [-0.39, 0.29) is 0 Å². The molecule has 1 saturated heterocycles. The second kappa shape index (κ2) is 4.14. The molecule has 0 amide bonds. The Labute approximate surface area is 86.5 Å². The highest BCUT2D eigenvalue weighted by Gasteiger charge is 2.18. The van der Waals surface area contributed by atoms with E-state index in [9.17, 15) is 0 Å². The minimum Gasteiger partial charge on any atom is -0.310 e. The molecular weight excluding hydrogens is 170 g/mol. The topological polar surface area (TPSA) is 12.0 Å². The maximum atomic E-state index is 3.57. The number of benzene rings is 1. The molecule has 1 heterocycles. The van der Waals surface area contributed by atoms with Gasteiger partial charge in [-0.1, -0.05) is 30.7 Å². The second-order valence-electron chi connectivity index (χ2n) is 4.20. The van der Waals surface area contributed by atoms with Crippen molar-refractivity contribution in [2.75, 3.05) is 6.54 Å². The first-order valence-corrected chi connectivity index (χ1v) is 5.64. The predicted octanol–water partition coefficient (Wildman–Crippen LogP) is 2.98. The van der Waals surface area contributed by atoms with Gasteiger partial charge in [0.25, 0.3) is 0 Å². The van der Waals surface area contributed by atoms with Gasteiger partial charge in [0.15, 0.2) is 0 Å². The monoisotopic (exact) mass is 189 g/mol. The zero-order chi connectivity index (χ0) is 9.97. The summed E-state index contributed by atoms with van der Waals surface area (Å²) in [7, 11) is 0. The summed E-state index contributed by atoms with van der Waals surface area (Å²) in [5, 5.41) is 3.57. The van der Waals surface area contributed by atoms with E-state index in [1.165, 1.54) is 36.1 Å². The molecule has 14 heavy (non-hydrogen) atoms. The van der Waals surface area contributed by atoms with Gasteiger partial charge in [0.05, 0.1) is 0 Å². The van der Waals surface area contributed by atoms with Crippen LogP contribution in [0, 0.1) is 6.92 Å². The lowest BCUT2D eigenvalue weighted by Gasteiger charge is -2.15. The van der Waals surface area contributed by atoms with Crippen molar-refractivity contribution < 1.29 is 0 Å². The van der Waals surface area contributed by atoms with Gasteiger partial charge in [0.1, 0.15) is 0 Å². The summed E-state index contributed by atoms with van der Waals surface area (Å²) in [4.78, 5) is 0. The van der Waals surface area contributed by atoms with Crippen LogP contribution in [0.5, 0.6) is 0 Å². The molecule has 1 heteroatoms. The fourth-order valence-corrected chi connectivity index (χ4v) is 2.31. The average molecular weight is 189 g/mol. The van der Waals surface area contributed by atoms with Gasteiger partial charge in [-0.05, 0) is 43.9 Å². The number of aryl methyl sites for hydroxylation is 2. The Balaban J connectivity index is 2.33. The van der Waals surface area contributed by atoms with Gasteiger partial charge in [-0.2, -0.15) is 0 Å². The SMILES string of the molecule is CCc1ccc(C)cc1C1CCCN1. The highest BCUT2D eigenvalue weighted by atomic mass is 14.9. The molecule has 1 aliphatic heterocycles. The zero-order valence-corrected chi connectivity index (χ0v) is 9.14. The number of nitrogens with one attached hydrogen (secondary N) is 1. The summed E-state index contributed by atoms with van der Waals surface area (Å²) in [6.45, 7) is 5.60. The van der Waals surface area contributed by atoms with Crippen LogP contribution in [0.3, 0.4) is 0 Å². The minimum atomic E-state index is 0.616. The fraction of sp³-hybridized carbons (Fsp3) is 0.538. The molecule has 1 aromatic rings. The highest BCUT2D eigenvalue weighted by Crippen LogP contribution is 2.27. The van der Waals surface area contributed by atoms with E-state index in [4.69, 9.17) is 0 Å². The van der Waals surface area contributed by atoms with E-state index < -0.39 is 0 Å². The summed E-state index contributed by atoms with van der Waals surface area (Å²) < 4.78 is 0. The molecule has 1 nitrogen and oxygen atoms in total. The van der Waals surface area contributed by atoms with Gasteiger partial charge in [-0.25, -0.2) is 0 Å². The van der Waals surface area contributed by atoms with Crippen LogP contribution in [0.25, 0.3) is 0 Å². The largest absolute Gasteiger partial charge is 0.310 e. The fourth-order valence-electron chi connectivity index (χ4n) is 2.31. The Hall–Kier alpha value is -0.820. The Bertz CT molecular complexity index is 311. The lowest BCUT2D eigenvalue weighted by Crippen LogP contribution is -2.14. The Kier molecular flexibility index (Phi) is 2.87. The van der Waals surface area contributed by atoms with Crippen molar-refractivity contribution >= 4 is 0 Å². The number of hydrogen-bond donors (Lipinski definition) is 1. The van der Waals surface area contributed by atoms with Crippen molar-refractivity contribution in [1.82, 2.24) is 5.32 Å². The van der Waals surface area contributed by atoms with Crippen molar-refractivity contribution in [1.29, 1.82) is 0 Å². The minimum absolute atomic E-state index is 0.616. The molecule has 1 unspecified atom stereocenters. The molecule has 1 N–H and O–H groups in total. The van der Waals surface area contributed by atoms with E-state index >= 15 is 0 Å². The maximum Gasteiger partial charge on any atom is 0.0323 e. The van der Waals surface area contributed by atoms with Crippen LogP contribution in [0.15, 0.2) is 18.2 Å². The number of hydrogen-bond acceptors (Lipinski definition) is 1. The number of rotatable bonds is 2. The Morgan fingerprint density at radius 2 is 2.29 bits per heavy atom. The molecule has 0 aromatic heterocycles. The molecule has 1 atom stereocenters. The molecule has 0 radical (unpaired) electrons. The van der Waals surface area contributed by atoms with Crippen molar-refractivity contribution in [3.05, 3.63) is 34.9 Å². The second-order valence-corrected chi connectivity index (χ2v) is 4.20. The molecule has 2 rings (SSSR count). The average Bonchev–Trinajstić information content (AvgIpc) is 2.70. The van der Waals surface area contributed by atoms with Crippen LogP contribution in [-0.2, 0) is 6.42 Å². The lowest BCUT2D eigenvalue weighted by atomic mass is 9.96. The Morgan fingerprint density at radius 3 is 2.93 bits per heavy atom. The molecule has 76 valence electrons. The predicted molar refractivity (Wildman–Crippen MR) is 60.5 cm³/mol. The van der Waals surface area contributed by atoms with Gasteiger partial charge in [-0.15, -0.1) is 0 Å². The van der Waals surface area contributed by atoms with Crippen molar-refractivity contribution in [2.24, 2.45) is 0 Å². The van der Waals surface area contributed by atoms with Crippen LogP contribution in [0.2, 0.25) is 0 Å². The van der Waals surface area contributed by atoms with Crippen LogP contribution in [-0.4, -0.2) is 6.54 Å². The molecule has 0 saturated carbocycles. The first-order valence-electron chi connectivity index (χ1n) is 5.64. The Morgan fingerprint density at radius 1 is 1.43 bits per heavy atom. The summed E-state index contributed by atoms with van der Waals surface area (Å²) in [6.07, 6.45) is 3.77. The summed E-state index contributed by atoms with van der Waals surface area (Å²) in [6, 6.07) is 7.47. The summed E-state index contributed by atoms with van der Waals surface area (Å²) in [5.74, 6) is 0. The molecular formula is C13H19N. The van der Waals surface area contributed by atoms with Crippen LogP contribution < -0.4 is 5.32 Å². The van der Waals surface area contributed by atoms with Crippen molar-refractivity contribution in [3.8, 4) is 0 Å². The third kappa shape index (κ3) is 1.83. The normalized spacial score (nSPS) is 21.4. The first kappa shape index (κ1) is 9.72. The highest BCUT2D eigenvalue weighted by molar-refractivity contribution is 5.34. The van der Waals surface area contributed by atoms with E-state index in [0.717, 1.165) is 6.42 Å². The van der Waals surface area contributed by atoms with Crippen LogP contribution in [0.1, 0.15) is 42.5 Å². The molecule has 1 aliphatic rings. The summed E-state index contributed by atoms with van der Waals surface area (Å²) in [5.41, 5.74) is 4.42. The molecule has 0 bridgehead atoms. The molecule has 0 aliphatic carbocycles. The van der Waals surface area contributed by atoms with E-state index in [2.05, 4.69) is 37.4 Å². The smallest absolute Gasteiger partial charge is 0.0323 e. The van der Waals surface area contributed by atoms with Crippen LogP contribution >= 0.6 is 0 Å². The molecule has 1 aromatic carbocycles. The first-order chi connectivity index (χ1) is 6.81. The molecule has 0 spiro atoms. The zero-order valence-electron chi connectivity index (χ0n) is 9.14. The van der Waals surface area contributed by atoms with Crippen LogP contribution in [0.4, 0.5) is 0 Å². The quantitative estimate of drug-likeness (QED) is 0.754. The van der Waals surface area contributed by atoms with Gasteiger partial charge in [0.2, 0.25) is 0 Å². The van der Waals surface area contributed by atoms with Gasteiger partial charge in [0, 0.05) is 6.04 Å². The standard InChI is InChI=1S/C13H19N/c1-3-11-7-6-10(2)9-12(11)13-5-4-8-14-13/h6-7,9,13-14H,3-5,8H2,1-2H3. The maximum absolute atomic E-state index is 3.57. The van der Waals surface area contributed by atoms with E-state index in [1.54, 1.807) is 0 Å². The van der Waals surface area contributed by atoms with Gasteiger partial charge in [-0.3, -0.25) is 0 Å². The summed E-state index contributed by atoms with van der Waals surface area (Å²) >= 11 is 0. The van der Waals surface area contributed by atoms with Gasteiger partial charge >= 0.3 is 0 Å². The van der Waals surface area contributed by atoms with E-state index in [0.29, 0.717) is 6.04 Å². The third-order valence-electron chi connectivity index (χ3n) is 3.12. The van der Waals surface area contributed by atoms with Crippen molar-refractivity contribution in [3.63, 3.8) is 0 Å². The molecule has 1 fully saturated rings.